The van der Waals surface area contributed by atoms with Crippen LogP contribution >= 0.6 is 0 Å². The number of rotatable bonds is 8. The van der Waals surface area contributed by atoms with Crippen molar-refractivity contribution in [3.8, 4) is 28.0 Å². The molecule has 12 rings (SSSR count). The predicted molar refractivity (Wildman–Crippen MR) is 268 cm³/mol. The summed E-state index contributed by atoms with van der Waals surface area (Å²) in [5.41, 5.74) is 15.7. The summed E-state index contributed by atoms with van der Waals surface area (Å²) in [6.45, 7) is 5.48. The molecule has 0 saturated carbocycles. The molecule has 0 amide bonds. The van der Waals surface area contributed by atoms with E-state index in [-0.39, 0.29) is 0 Å². The van der Waals surface area contributed by atoms with Gasteiger partial charge in [-0.1, -0.05) is 152 Å². The Morgan fingerprint density at radius 3 is 1.35 bits per heavy atom. The van der Waals surface area contributed by atoms with Crippen molar-refractivity contribution in [2.45, 2.75) is 12.3 Å². The number of nitrogens with zero attached hydrogens (tertiary/aromatic N) is 2. The van der Waals surface area contributed by atoms with Crippen molar-refractivity contribution in [1.82, 2.24) is 0 Å². The molecule has 0 fully saturated rings. The molecule has 0 bridgehead atoms. The highest BCUT2D eigenvalue weighted by molar-refractivity contribution is 5.99. The van der Waals surface area contributed by atoms with Crippen LogP contribution < -0.4 is 14.5 Å². The Hall–Kier alpha value is -8.47. The standard InChI is InChI=1S/C61H42N2O2/c1-40(2)60(64)65-51-22-14-21-46(37-51)63(48-30-28-42-16-7-9-18-44(42)36-48)50-32-34-55-54-33-31-49(62(45-19-4-3-5-20-45)47-29-27-41-15-6-8-17-43(41)35-47)38-58(54)61(59(55)39-50)56-25-12-10-23-52(56)53-24-11-13-26-57(53)61/h3-39H,1H2,2H3. The van der Waals surface area contributed by atoms with Crippen molar-refractivity contribution in [2.24, 2.45) is 0 Å². The Morgan fingerprint density at radius 1 is 0.385 bits per heavy atom. The number of benzene rings is 10. The van der Waals surface area contributed by atoms with E-state index in [2.05, 4.69) is 223 Å². The molecule has 0 heterocycles. The van der Waals surface area contributed by atoms with Crippen molar-refractivity contribution >= 4 is 61.6 Å². The average Bonchev–Trinajstić information content (AvgIpc) is 3.81. The number of para-hydroxylation sites is 1. The van der Waals surface area contributed by atoms with Gasteiger partial charge in [0, 0.05) is 45.8 Å². The highest BCUT2D eigenvalue weighted by atomic mass is 16.5. The van der Waals surface area contributed by atoms with Crippen LogP contribution in [0, 0.1) is 0 Å². The zero-order valence-electron chi connectivity index (χ0n) is 35.8. The highest BCUT2D eigenvalue weighted by Gasteiger charge is 2.52. The molecular formula is C61H42N2O2. The van der Waals surface area contributed by atoms with Crippen LogP contribution in [0.3, 0.4) is 0 Å². The fourth-order valence-electron chi connectivity index (χ4n) is 10.4. The van der Waals surface area contributed by atoms with E-state index in [1.807, 2.05) is 18.2 Å². The lowest BCUT2D eigenvalue weighted by Gasteiger charge is -2.33. The molecule has 0 N–H and O–H groups in total. The van der Waals surface area contributed by atoms with Gasteiger partial charge in [0.2, 0.25) is 0 Å². The largest absolute Gasteiger partial charge is 0.423 e. The van der Waals surface area contributed by atoms with Crippen LogP contribution in [0.2, 0.25) is 0 Å². The highest BCUT2D eigenvalue weighted by Crippen LogP contribution is 2.64. The number of carbonyl (C=O) groups excluding carboxylic acids is 1. The minimum Gasteiger partial charge on any atom is -0.423 e. The molecule has 10 aromatic carbocycles. The van der Waals surface area contributed by atoms with Gasteiger partial charge in [0.15, 0.2) is 0 Å². The number of ether oxygens (including phenoxy) is 1. The lowest BCUT2D eigenvalue weighted by Crippen LogP contribution is -2.26. The minimum absolute atomic E-state index is 0.342. The quantitative estimate of drug-likeness (QED) is 0.0867. The lowest BCUT2D eigenvalue weighted by molar-refractivity contribution is -0.130. The summed E-state index contributed by atoms with van der Waals surface area (Å²) in [6, 6.07) is 80.6. The van der Waals surface area contributed by atoms with Crippen molar-refractivity contribution in [1.29, 1.82) is 0 Å². The van der Waals surface area contributed by atoms with Crippen LogP contribution in [0.25, 0.3) is 43.8 Å². The molecule has 2 aliphatic carbocycles. The molecule has 4 nitrogen and oxygen atoms in total. The molecule has 10 aromatic rings. The molecule has 65 heavy (non-hydrogen) atoms. The number of anilines is 6. The van der Waals surface area contributed by atoms with Gasteiger partial charge in [-0.15, -0.1) is 0 Å². The van der Waals surface area contributed by atoms with Gasteiger partial charge >= 0.3 is 5.97 Å². The molecular weight excluding hydrogens is 793 g/mol. The fourth-order valence-corrected chi connectivity index (χ4v) is 10.4. The van der Waals surface area contributed by atoms with E-state index >= 15 is 0 Å². The first kappa shape index (κ1) is 38.2. The first-order valence-electron chi connectivity index (χ1n) is 22.1. The molecule has 1 spiro atoms. The summed E-state index contributed by atoms with van der Waals surface area (Å²) >= 11 is 0. The molecule has 0 unspecified atom stereocenters. The molecule has 0 aromatic heterocycles. The summed E-state index contributed by atoms with van der Waals surface area (Å²) in [5.74, 6) is -0.00657. The second-order valence-corrected chi connectivity index (χ2v) is 17.0. The average molecular weight is 835 g/mol. The van der Waals surface area contributed by atoms with Gasteiger partial charge in [0.05, 0.1) is 5.41 Å². The van der Waals surface area contributed by atoms with E-state index < -0.39 is 11.4 Å². The zero-order valence-corrected chi connectivity index (χ0v) is 35.8. The number of fused-ring (bicyclic) bond motifs is 12. The third kappa shape index (κ3) is 6.10. The van der Waals surface area contributed by atoms with Gasteiger partial charge in [-0.25, -0.2) is 4.79 Å². The maximum atomic E-state index is 12.8. The summed E-state index contributed by atoms with van der Waals surface area (Å²) in [6.07, 6.45) is 0. The van der Waals surface area contributed by atoms with Crippen LogP contribution in [0.4, 0.5) is 34.1 Å². The minimum atomic E-state index is -0.635. The van der Waals surface area contributed by atoms with E-state index in [4.69, 9.17) is 4.74 Å². The van der Waals surface area contributed by atoms with Gasteiger partial charge in [-0.05, 0) is 146 Å². The van der Waals surface area contributed by atoms with Crippen molar-refractivity contribution in [3.63, 3.8) is 0 Å². The normalized spacial score (nSPS) is 12.6. The number of hydrogen-bond acceptors (Lipinski definition) is 4. The van der Waals surface area contributed by atoms with Gasteiger partial charge < -0.3 is 14.5 Å². The van der Waals surface area contributed by atoms with Gasteiger partial charge in [0.1, 0.15) is 5.75 Å². The third-order valence-electron chi connectivity index (χ3n) is 13.2. The lowest BCUT2D eigenvalue weighted by atomic mass is 9.70. The van der Waals surface area contributed by atoms with Crippen LogP contribution in [0.5, 0.6) is 5.75 Å². The number of esters is 1. The Labute approximate surface area is 378 Å². The summed E-state index contributed by atoms with van der Waals surface area (Å²) in [7, 11) is 0. The molecule has 0 aliphatic heterocycles. The van der Waals surface area contributed by atoms with E-state index in [0.29, 0.717) is 11.3 Å². The van der Waals surface area contributed by atoms with Crippen LogP contribution in [0.15, 0.2) is 237 Å². The van der Waals surface area contributed by atoms with Crippen LogP contribution in [0.1, 0.15) is 29.2 Å². The van der Waals surface area contributed by atoms with E-state index in [9.17, 15) is 4.79 Å². The Balaban J connectivity index is 1.10. The Kier molecular flexibility index (Phi) is 8.89. The van der Waals surface area contributed by atoms with Gasteiger partial charge in [-0.2, -0.15) is 0 Å². The molecule has 0 radical (unpaired) electrons. The Morgan fingerprint density at radius 2 is 0.800 bits per heavy atom. The molecule has 0 atom stereocenters. The zero-order chi connectivity index (χ0) is 43.6. The SMILES string of the molecule is C=C(C)C(=O)Oc1cccc(N(c2ccc3c(c2)C2(c4ccccc4-c4ccccc42)c2cc(N(c4ccccc4)c4ccc5ccccc5c4)ccc2-3)c2ccc3ccccc3c2)c1. The summed E-state index contributed by atoms with van der Waals surface area (Å²) in [4.78, 5) is 17.5. The monoisotopic (exact) mass is 834 g/mol. The van der Waals surface area contributed by atoms with Gasteiger partial charge in [-0.3, -0.25) is 0 Å². The van der Waals surface area contributed by atoms with Crippen LogP contribution in [-0.2, 0) is 10.2 Å². The first-order chi connectivity index (χ1) is 32.0. The Bertz CT molecular complexity index is 3510. The molecule has 308 valence electrons. The maximum Gasteiger partial charge on any atom is 0.338 e. The van der Waals surface area contributed by atoms with Gasteiger partial charge in [0.25, 0.3) is 0 Å². The summed E-state index contributed by atoms with van der Waals surface area (Å²) in [5, 5.41) is 4.69. The summed E-state index contributed by atoms with van der Waals surface area (Å²) < 4.78 is 5.83. The molecule has 2 aliphatic rings. The van der Waals surface area contributed by atoms with E-state index in [1.54, 1.807) is 6.92 Å². The number of hydrogen-bond donors (Lipinski definition) is 0. The van der Waals surface area contributed by atoms with Crippen molar-refractivity contribution in [3.05, 3.63) is 259 Å². The second kappa shape index (κ2) is 15.1. The van der Waals surface area contributed by atoms with E-state index in [1.165, 1.54) is 55.3 Å². The first-order valence-corrected chi connectivity index (χ1v) is 22.1. The topological polar surface area (TPSA) is 32.8 Å². The van der Waals surface area contributed by atoms with Crippen molar-refractivity contribution in [2.75, 3.05) is 9.80 Å². The maximum absolute atomic E-state index is 12.8. The molecule has 0 saturated heterocycles. The van der Waals surface area contributed by atoms with E-state index in [0.717, 1.165) is 44.9 Å². The second-order valence-electron chi connectivity index (χ2n) is 17.0. The molecule has 4 heteroatoms. The smallest absolute Gasteiger partial charge is 0.338 e. The van der Waals surface area contributed by atoms with Crippen molar-refractivity contribution < 1.29 is 9.53 Å². The fraction of sp³-hybridized carbons (Fsp3) is 0.0328. The third-order valence-corrected chi connectivity index (χ3v) is 13.2. The predicted octanol–water partition coefficient (Wildman–Crippen LogP) is 15.8. The van der Waals surface area contributed by atoms with Crippen LogP contribution in [-0.4, -0.2) is 5.97 Å². The number of carbonyl (C=O) groups is 1.